The van der Waals surface area contributed by atoms with Crippen molar-refractivity contribution >= 4 is 23.1 Å². The van der Waals surface area contributed by atoms with Crippen LogP contribution in [-0.2, 0) is 0 Å². The molecule has 7 heteroatoms. The quantitative estimate of drug-likeness (QED) is 0.808. The van der Waals surface area contributed by atoms with Gasteiger partial charge in [-0.15, -0.1) is 11.6 Å². The summed E-state index contributed by atoms with van der Waals surface area (Å²) in [4.78, 5) is 15.8. The van der Waals surface area contributed by atoms with Gasteiger partial charge in [0, 0.05) is 18.0 Å². The Morgan fingerprint density at radius 1 is 1.61 bits per heavy atom. The number of H-pyrrole nitrogens is 1. The maximum absolute atomic E-state index is 11.5. The van der Waals surface area contributed by atoms with Crippen molar-refractivity contribution in [3.05, 3.63) is 22.4 Å². The van der Waals surface area contributed by atoms with Crippen LogP contribution in [-0.4, -0.2) is 31.5 Å². The minimum Gasteiger partial charge on any atom is -0.367 e. The number of aromatic nitrogens is 4. The molecule has 6 nitrogen and oxygen atoms in total. The van der Waals surface area contributed by atoms with E-state index in [-0.39, 0.29) is 11.7 Å². The number of rotatable bonds is 5. The largest absolute Gasteiger partial charge is 0.367 e. The fourth-order valence-electron chi connectivity index (χ4n) is 1.89. The summed E-state index contributed by atoms with van der Waals surface area (Å²) in [6.07, 6.45) is 1.84. The third-order valence-electron chi connectivity index (χ3n) is 2.87. The van der Waals surface area contributed by atoms with Gasteiger partial charge in [-0.05, 0) is 19.8 Å². The maximum atomic E-state index is 11.5. The molecule has 0 amide bonds. The molecule has 0 aliphatic heterocycles. The zero-order valence-electron chi connectivity index (χ0n) is 10.4. The number of hydrogen-bond acceptors (Lipinski definition) is 4. The molecule has 18 heavy (non-hydrogen) atoms. The smallest absolute Gasteiger partial charge is 0.349 e. The van der Waals surface area contributed by atoms with Crippen LogP contribution in [0.25, 0.3) is 5.65 Å². The van der Waals surface area contributed by atoms with Gasteiger partial charge in [-0.3, -0.25) is 0 Å². The molecule has 0 saturated heterocycles. The number of anilines is 1. The molecule has 0 aliphatic rings. The lowest BCUT2D eigenvalue weighted by Gasteiger charge is -2.16. The van der Waals surface area contributed by atoms with Gasteiger partial charge in [-0.25, -0.2) is 19.3 Å². The highest BCUT2D eigenvalue weighted by Crippen LogP contribution is 2.12. The van der Waals surface area contributed by atoms with E-state index in [4.69, 9.17) is 11.6 Å². The average Bonchev–Trinajstić information content (AvgIpc) is 2.71. The van der Waals surface area contributed by atoms with Gasteiger partial charge in [-0.2, -0.15) is 5.10 Å². The second kappa shape index (κ2) is 5.39. The lowest BCUT2D eigenvalue weighted by molar-refractivity contribution is 0.671. The van der Waals surface area contributed by atoms with Gasteiger partial charge in [0.15, 0.2) is 5.65 Å². The summed E-state index contributed by atoms with van der Waals surface area (Å²) in [5.41, 5.74) is 0.296. The number of nitrogens with one attached hydrogen (secondary N) is 2. The predicted octanol–water partition coefficient (Wildman–Crippen LogP) is 1.55. The van der Waals surface area contributed by atoms with Crippen LogP contribution in [0.4, 0.5) is 5.82 Å². The molecule has 0 radical (unpaired) electrons. The van der Waals surface area contributed by atoms with Gasteiger partial charge < -0.3 is 5.32 Å². The molecule has 2 rings (SSSR count). The first-order valence-electron chi connectivity index (χ1n) is 5.93. The molecule has 2 N–H and O–H groups in total. The van der Waals surface area contributed by atoms with E-state index in [9.17, 15) is 4.79 Å². The fourth-order valence-corrected chi connectivity index (χ4v) is 2.15. The number of nitrogens with zero attached hydrogens (tertiary/aromatic N) is 3. The number of alkyl halides is 1. The lowest BCUT2D eigenvalue weighted by Crippen LogP contribution is -2.21. The van der Waals surface area contributed by atoms with E-state index in [1.54, 1.807) is 13.0 Å². The molecular formula is C11H16ClN5O. The predicted molar refractivity (Wildman–Crippen MR) is 71.4 cm³/mol. The van der Waals surface area contributed by atoms with Gasteiger partial charge in [0.05, 0.1) is 0 Å². The Balaban J connectivity index is 2.32. The highest BCUT2D eigenvalue weighted by atomic mass is 35.5. The average molecular weight is 270 g/mol. The molecule has 0 saturated carbocycles. The first-order valence-corrected chi connectivity index (χ1v) is 6.46. The summed E-state index contributed by atoms with van der Waals surface area (Å²) in [6, 6.07) is 2.03. The highest BCUT2D eigenvalue weighted by molar-refractivity contribution is 6.17. The zero-order chi connectivity index (χ0) is 13.1. The second-order valence-electron chi connectivity index (χ2n) is 4.14. The molecule has 2 heterocycles. The summed E-state index contributed by atoms with van der Waals surface area (Å²) in [5, 5.41) is 9.65. The molecule has 1 atom stereocenters. The van der Waals surface area contributed by atoms with Crippen molar-refractivity contribution in [1.82, 2.24) is 19.6 Å². The van der Waals surface area contributed by atoms with Crippen LogP contribution in [0.15, 0.2) is 10.9 Å². The zero-order valence-corrected chi connectivity index (χ0v) is 11.2. The van der Waals surface area contributed by atoms with Gasteiger partial charge >= 0.3 is 5.69 Å². The van der Waals surface area contributed by atoms with Crippen LogP contribution in [0.3, 0.4) is 0 Å². The van der Waals surface area contributed by atoms with Crippen molar-refractivity contribution in [2.24, 2.45) is 0 Å². The van der Waals surface area contributed by atoms with Crippen LogP contribution >= 0.6 is 11.6 Å². The summed E-state index contributed by atoms with van der Waals surface area (Å²) >= 11 is 5.75. The van der Waals surface area contributed by atoms with Crippen molar-refractivity contribution in [2.45, 2.75) is 32.7 Å². The van der Waals surface area contributed by atoms with Crippen LogP contribution in [0.1, 0.15) is 25.6 Å². The lowest BCUT2D eigenvalue weighted by atomic mass is 10.2. The van der Waals surface area contributed by atoms with E-state index >= 15 is 0 Å². The monoisotopic (exact) mass is 269 g/mol. The third-order valence-corrected chi connectivity index (χ3v) is 3.09. The van der Waals surface area contributed by atoms with Gasteiger partial charge in [0.2, 0.25) is 0 Å². The van der Waals surface area contributed by atoms with Crippen molar-refractivity contribution in [2.75, 3.05) is 11.2 Å². The van der Waals surface area contributed by atoms with Crippen molar-refractivity contribution in [3.63, 3.8) is 0 Å². The third kappa shape index (κ3) is 2.48. The van der Waals surface area contributed by atoms with Gasteiger partial charge in [-0.1, -0.05) is 6.92 Å². The number of aryl methyl sites for hydroxylation is 1. The fraction of sp³-hybridized carbons (Fsp3) is 0.545. The molecule has 0 spiro atoms. The molecule has 1 unspecified atom stereocenters. The summed E-state index contributed by atoms with van der Waals surface area (Å²) in [5.74, 6) is 1.93. The highest BCUT2D eigenvalue weighted by Gasteiger charge is 2.10. The molecular weight excluding hydrogens is 254 g/mol. The molecule has 0 aromatic carbocycles. The van der Waals surface area contributed by atoms with Crippen LogP contribution in [0.5, 0.6) is 0 Å². The van der Waals surface area contributed by atoms with Crippen LogP contribution in [0, 0.1) is 6.92 Å². The Labute approximate surface area is 109 Å². The molecule has 2 aromatic heterocycles. The number of hydrogen-bond donors (Lipinski definition) is 2. The van der Waals surface area contributed by atoms with Gasteiger partial charge in [0.25, 0.3) is 0 Å². The van der Waals surface area contributed by atoms with Gasteiger partial charge in [0.1, 0.15) is 11.6 Å². The Morgan fingerprint density at radius 2 is 2.39 bits per heavy atom. The van der Waals surface area contributed by atoms with Crippen molar-refractivity contribution in [3.8, 4) is 0 Å². The van der Waals surface area contributed by atoms with E-state index in [0.29, 0.717) is 17.4 Å². The van der Waals surface area contributed by atoms with E-state index < -0.39 is 0 Å². The summed E-state index contributed by atoms with van der Waals surface area (Å²) < 4.78 is 1.44. The molecule has 0 fully saturated rings. The standard InChI is InChI=1S/C11H16ClN5O/c1-3-8(4-5-12)14-9-6-10-15-16-11(18)17(10)7(2)13-9/h6,8,14H,3-5H2,1-2H3,(H,16,18). The minimum atomic E-state index is -0.269. The Morgan fingerprint density at radius 3 is 3.06 bits per heavy atom. The normalized spacial score (nSPS) is 12.8. The topological polar surface area (TPSA) is 75.1 Å². The van der Waals surface area contributed by atoms with Crippen molar-refractivity contribution in [1.29, 1.82) is 0 Å². The Bertz CT molecular complexity index is 591. The molecule has 0 bridgehead atoms. The van der Waals surface area contributed by atoms with E-state index in [1.165, 1.54) is 4.40 Å². The van der Waals surface area contributed by atoms with Crippen molar-refractivity contribution < 1.29 is 0 Å². The first kappa shape index (κ1) is 12.9. The SMILES string of the molecule is CCC(CCCl)Nc1cc2n[nH]c(=O)n2c(C)n1. The molecule has 0 aliphatic carbocycles. The van der Waals surface area contributed by atoms with E-state index in [0.717, 1.165) is 18.7 Å². The number of aromatic amines is 1. The minimum absolute atomic E-state index is 0.269. The van der Waals surface area contributed by atoms with Crippen LogP contribution in [0.2, 0.25) is 0 Å². The maximum Gasteiger partial charge on any atom is 0.349 e. The Hall–Kier alpha value is -1.56. The summed E-state index contributed by atoms with van der Waals surface area (Å²) in [6.45, 7) is 3.87. The molecule has 98 valence electrons. The van der Waals surface area contributed by atoms with E-state index in [2.05, 4.69) is 27.4 Å². The molecule has 2 aromatic rings. The first-order chi connectivity index (χ1) is 8.65. The number of halogens is 1. The summed E-state index contributed by atoms with van der Waals surface area (Å²) in [7, 11) is 0. The number of fused-ring (bicyclic) bond motifs is 1. The Kier molecular flexibility index (Phi) is 3.86. The van der Waals surface area contributed by atoms with Crippen LogP contribution < -0.4 is 11.0 Å². The second-order valence-corrected chi connectivity index (χ2v) is 4.52. The van der Waals surface area contributed by atoms with E-state index in [1.807, 2.05) is 0 Å².